The molecule has 4 aromatic heterocycles. The number of halogens is 2. The van der Waals surface area contributed by atoms with Crippen LogP contribution in [0.25, 0.3) is 22.1 Å². The number of aromatic amines is 2. The van der Waals surface area contributed by atoms with Gasteiger partial charge in [-0.25, -0.2) is 29.1 Å². The molecule has 0 unspecified atom stereocenters. The maximum Gasteiger partial charge on any atom is 0.407 e. The summed E-state index contributed by atoms with van der Waals surface area (Å²) in [6.45, 7) is 15.6. The van der Waals surface area contributed by atoms with Crippen LogP contribution in [0.2, 0.25) is 10.0 Å². The van der Waals surface area contributed by atoms with E-state index in [2.05, 4.69) is 25.6 Å². The topological polar surface area (TPSA) is 248 Å². The van der Waals surface area contributed by atoms with Gasteiger partial charge in [-0.1, -0.05) is 59.6 Å². The number of pyridine rings is 2. The molecule has 2 aromatic carbocycles. The molecule has 2 amide bonds. The second kappa shape index (κ2) is 22.1. The molecule has 6 heterocycles. The predicted molar refractivity (Wildman–Crippen MR) is 274 cm³/mol. The molecule has 8 rings (SSSR count). The van der Waals surface area contributed by atoms with Crippen molar-refractivity contribution < 1.29 is 38.5 Å². The number of imidazole rings is 2. The van der Waals surface area contributed by atoms with Crippen molar-refractivity contribution in [2.45, 2.75) is 111 Å². The average molecular weight is 1030 g/mol. The van der Waals surface area contributed by atoms with E-state index in [4.69, 9.17) is 42.4 Å². The van der Waals surface area contributed by atoms with Crippen LogP contribution in [-0.4, -0.2) is 114 Å². The fourth-order valence-corrected chi connectivity index (χ4v) is 9.01. The van der Waals surface area contributed by atoms with Gasteiger partial charge in [-0.15, -0.1) is 0 Å². The molecule has 6 aromatic rings. The fraction of sp³-hybridized carbons (Fsp3) is 0.440. The Kier molecular flexibility index (Phi) is 16.2. The van der Waals surface area contributed by atoms with Crippen LogP contribution >= 0.6 is 23.2 Å². The summed E-state index contributed by atoms with van der Waals surface area (Å²) in [5.74, 6) is -0.810. The van der Waals surface area contributed by atoms with Gasteiger partial charge >= 0.3 is 24.1 Å². The Bertz CT molecular complexity index is 3100. The number of aromatic carboxylic acids is 1. The van der Waals surface area contributed by atoms with Crippen molar-refractivity contribution in [3.8, 4) is 0 Å². The number of aromatic nitrogens is 6. The largest absolute Gasteiger partial charge is 0.477 e. The quantitative estimate of drug-likeness (QED) is 0.0616. The highest BCUT2D eigenvalue weighted by Crippen LogP contribution is 2.29. The van der Waals surface area contributed by atoms with E-state index in [-0.39, 0.29) is 47.7 Å². The van der Waals surface area contributed by atoms with Gasteiger partial charge in [-0.3, -0.25) is 9.59 Å². The number of esters is 1. The minimum Gasteiger partial charge on any atom is -0.477 e. The van der Waals surface area contributed by atoms with Crippen LogP contribution in [0.15, 0.2) is 70.3 Å². The highest BCUT2D eigenvalue weighted by atomic mass is 35.5. The van der Waals surface area contributed by atoms with Crippen molar-refractivity contribution in [1.82, 2.24) is 39.7 Å². The summed E-state index contributed by atoms with van der Waals surface area (Å²) < 4.78 is 19.4. The number of carboxylic acid groups (broad SMARTS) is 1. The SMILES string of the molecule is CC(C)(C)OC(=O)N[C@@H]1CCCN(c2nc3cc(C(=O)O)[nH]c(=O)c3n2Cc2ccccc2Cl)C1.CCOC(=O)c1cc2nc(N3CCC[C@@H](NC(=O)OC(C)(C)C)C3)n(Cc3ccccc3Cl)c2c(=O)[nH]1. The summed E-state index contributed by atoms with van der Waals surface area (Å²) in [7, 11) is 0. The number of alkyl carbamates (subject to hydrolysis) is 2. The van der Waals surface area contributed by atoms with Gasteiger partial charge in [0.25, 0.3) is 11.1 Å². The maximum atomic E-state index is 13.2. The number of piperidine rings is 2. The third kappa shape index (κ3) is 13.1. The Morgan fingerprint density at radius 3 is 1.51 bits per heavy atom. The van der Waals surface area contributed by atoms with E-state index in [1.54, 1.807) is 49.0 Å². The zero-order valence-electron chi connectivity index (χ0n) is 41.3. The smallest absolute Gasteiger partial charge is 0.407 e. The Balaban J connectivity index is 0.000000212. The first-order valence-electron chi connectivity index (χ1n) is 23.7. The predicted octanol–water partition coefficient (Wildman–Crippen LogP) is 7.71. The van der Waals surface area contributed by atoms with Crippen LogP contribution in [0, 0.1) is 0 Å². The molecule has 72 heavy (non-hydrogen) atoms. The monoisotopic (exact) mass is 1030 g/mol. The van der Waals surface area contributed by atoms with E-state index in [0.29, 0.717) is 65.7 Å². The summed E-state index contributed by atoms with van der Waals surface area (Å²) >= 11 is 12.8. The number of nitrogens with one attached hydrogen (secondary N) is 4. The lowest BCUT2D eigenvalue weighted by molar-refractivity contribution is 0.0488. The lowest BCUT2D eigenvalue weighted by Crippen LogP contribution is -2.49. The number of ether oxygens (including phenoxy) is 3. The third-order valence-corrected chi connectivity index (χ3v) is 12.3. The molecule has 384 valence electrons. The second-order valence-corrected chi connectivity index (χ2v) is 20.4. The van der Waals surface area contributed by atoms with E-state index in [9.17, 15) is 33.9 Å². The molecule has 0 aliphatic carbocycles. The van der Waals surface area contributed by atoms with Crippen LogP contribution < -0.4 is 31.6 Å². The van der Waals surface area contributed by atoms with Crippen LogP contribution in [0.1, 0.15) is 106 Å². The van der Waals surface area contributed by atoms with Gasteiger partial charge in [0.1, 0.15) is 33.6 Å². The number of hydrogen-bond acceptors (Lipinski definition) is 13. The highest BCUT2D eigenvalue weighted by Gasteiger charge is 2.31. The van der Waals surface area contributed by atoms with Crippen molar-refractivity contribution in [3.05, 3.63) is 114 Å². The van der Waals surface area contributed by atoms with Crippen molar-refractivity contribution in [1.29, 1.82) is 0 Å². The van der Waals surface area contributed by atoms with Crippen LogP contribution in [0.4, 0.5) is 21.5 Å². The number of fused-ring (bicyclic) bond motifs is 2. The summed E-state index contributed by atoms with van der Waals surface area (Å²) in [4.78, 5) is 93.1. The van der Waals surface area contributed by atoms with Gasteiger partial charge in [-0.2, -0.15) is 0 Å². The fourth-order valence-electron chi connectivity index (χ4n) is 8.62. The van der Waals surface area contributed by atoms with E-state index in [0.717, 1.165) is 36.8 Å². The number of benzene rings is 2. The minimum absolute atomic E-state index is 0.0383. The van der Waals surface area contributed by atoms with Crippen molar-refractivity contribution in [2.24, 2.45) is 0 Å². The minimum atomic E-state index is -1.24. The van der Waals surface area contributed by atoms with Gasteiger partial charge in [0.05, 0.1) is 30.7 Å². The molecule has 2 saturated heterocycles. The number of H-pyrrole nitrogens is 2. The number of amides is 2. The second-order valence-electron chi connectivity index (χ2n) is 19.6. The zero-order valence-corrected chi connectivity index (χ0v) is 42.8. The molecule has 22 heteroatoms. The summed E-state index contributed by atoms with van der Waals surface area (Å²) in [6.07, 6.45) is 2.18. The molecule has 2 fully saturated rings. The highest BCUT2D eigenvalue weighted by molar-refractivity contribution is 6.31. The Labute approximate surface area is 424 Å². The molecule has 2 aliphatic heterocycles. The van der Waals surface area contributed by atoms with Crippen molar-refractivity contribution in [3.63, 3.8) is 0 Å². The molecular weight excluding hydrogens is 972 g/mol. The molecule has 5 N–H and O–H groups in total. The average Bonchev–Trinajstić information content (AvgIpc) is 3.86. The molecule has 0 bridgehead atoms. The molecule has 0 spiro atoms. The van der Waals surface area contributed by atoms with Crippen molar-refractivity contribution >= 4 is 81.3 Å². The number of nitrogens with zero attached hydrogens (tertiary/aromatic N) is 6. The van der Waals surface area contributed by atoms with E-state index in [1.165, 1.54) is 12.1 Å². The number of hydrogen-bond donors (Lipinski definition) is 5. The molecule has 2 aliphatic rings. The number of carboxylic acids is 1. The zero-order chi connectivity index (χ0) is 52.1. The number of anilines is 2. The molecule has 20 nitrogen and oxygen atoms in total. The van der Waals surface area contributed by atoms with E-state index in [1.807, 2.05) is 67.0 Å². The van der Waals surface area contributed by atoms with Crippen LogP contribution in [-0.2, 0) is 27.3 Å². The lowest BCUT2D eigenvalue weighted by atomic mass is 10.1. The first-order chi connectivity index (χ1) is 34.1. The van der Waals surface area contributed by atoms with E-state index >= 15 is 0 Å². The summed E-state index contributed by atoms with van der Waals surface area (Å²) in [5.41, 5.74) is 0.428. The molecular formula is C50H60Cl2N10O10. The maximum absolute atomic E-state index is 13.2. The molecule has 2 atom stereocenters. The van der Waals surface area contributed by atoms with Gasteiger partial charge in [0.15, 0.2) is 0 Å². The number of carbonyl (C=O) groups is 4. The Morgan fingerprint density at radius 2 is 1.11 bits per heavy atom. The Morgan fingerprint density at radius 1 is 0.694 bits per heavy atom. The lowest BCUT2D eigenvalue weighted by Gasteiger charge is -2.34. The normalized spacial score (nSPS) is 16.2. The molecule has 0 radical (unpaired) electrons. The van der Waals surface area contributed by atoms with Crippen molar-refractivity contribution in [2.75, 3.05) is 42.6 Å². The number of rotatable bonds is 11. The number of carbonyl (C=O) groups excluding carboxylic acids is 3. The summed E-state index contributed by atoms with van der Waals surface area (Å²) in [5, 5.41) is 16.4. The van der Waals surface area contributed by atoms with Gasteiger partial charge in [0, 0.05) is 48.3 Å². The van der Waals surface area contributed by atoms with Crippen LogP contribution in [0.5, 0.6) is 0 Å². The van der Waals surface area contributed by atoms with Crippen LogP contribution in [0.3, 0.4) is 0 Å². The van der Waals surface area contributed by atoms with Gasteiger partial charge in [-0.05, 0) is 110 Å². The first-order valence-corrected chi connectivity index (χ1v) is 24.5. The van der Waals surface area contributed by atoms with Gasteiger partial charge < -0.3 is 58.9 Å². The molecule has 0 saturated carbocycles. The summed E-state index contributed by atoms with van der Waals surface area (Å²) in [6, 6.07) is 17.3. The standard InChI is InChI=1S/C26H32ClN5O5.C24H28ClN5O5/c1-5-36-23(34)20-13-19-21(22(33)29-20)32(14-16-9-6-7-11-18(16)27)24(30-19)31-12-8-10-17(15-31)28-25(35)37-26(2,3)4;1-24(2,3)35-23(34)26-15-8-6-10-29(13-15)22-28-17-11-18(21(32)33)27-20(31)19(17)30(22)12-14-7-4-5-9-16(14)25/h6-7,9,11,13,17H,5,8,10,12,14-15H2,1-4H3,(H,28,35)(H,29,33);4-5,7,9,11,15H,6,8,10,12-13H2,1-3H3,(H,26,34)(H,27,31)(H,32,33)/t17-;15-/m11/s1. The van der Waals surface area contributed by atoms with Gasteiger partial charge in [0.2, 0.25) is 11.9 Å². The first kappa shape index (κ1) is 52.8. The third-order valence-electron chi connectivity index (χ3n) is 11.6. The Hall–Kier alpha value is -7.06. The van der Waals surface area contributed by atoms with E-state index < -0.39 is 46.4 Å².